The standard InChI is InChI=1S/C19H29N3O4S/c1-6-13(2)21-27(25,26)16-9-7-15(8-10-16)20-18(24)14-11-17(23)22(12-14)19(3,4)5/h7-10,13-14,21H,6,11-12H2,1-5H3,(H,20,24)/t13-,14+/m1/s1. The van der Waals surface area contributed by atoms with Gasteiger partial charge < -0.3 is 10.2 Å². The normalized spacial score (nSPS) is 19.2. The second-order valence-electron chi connectivity index (χ2n) is 8.02. The number of nitrogens with one attached hydrogen (secondary N) is 2. The topological polar surface area (TPSA) is 95.6 Å². The quantitative estimate of drug-likeness (QED) is 0.773. The molecule has 0 unspecified atom stereocenters. The zero-order valence-electron chi connectivity index (χ0n) is 16.6. The molecule has 0 spiro atoms. The molecule has 27 heavy (non-hydrogen) atoms. The van der Waals surface area contributed by atoms with Gasteiger partial charge in [0, 0.05) is 30.2 Å². The Morgan fingerprint density at radius 2 is 1.85 bits per heavy atom. The van der Waals surface area contributed by atoms with E-state index in [9.17, 15) is 18.0 Å². The molecule has 1 aromatic carbocycles. The predicted molar refractivity (Wildman–Crippen MR) is 105 cm³/mol. The molecule has 1 aromatic rings. The zero-order valence-corrected chi connectivity index (χ0v) is 17.4. The first kappa shape index (κ1) is 21.4. The van der Waals surface area contributed by atoms with Crippen molar-refractivity contribution < 1.29 is 18.0 Å². The summed E-state index contributed by atoms with van der Waals surface area (Å²) in [5.41, 5.74) is 0.189. The molecule has 7 nitrogen and oxygen atoms in total. The first-order valence-corrected chi connectivity index (χ1v) is 10.7. The molecule has 0 bridgehead atoms. The highest BCUT2D eigenvalue weighted by Crippen LogP contribution is 2.27. The van der Waals surface area contributed by atoms with Crippen LogP contribution in [0.5, 0.6) is 0 Å². The summed E-state index contributed by atoms with van der Waals surface area (Å²) in [5.74, 6) is -0.671. The SMILES string of the molecule is CC[C@@H](C)NS(=O)(=O)c1ccc(NC(=O)[C@H]2CC(=O)N(C(C)(C)C)C2)cc1. The van der Waals surface area contributed by atoms with Crippen molar-refractivity contribution in [2.75, 3.05) is 11.9 Å². The van der Waals surface area contributed by atoms with Gasteiger partial charge in [-0.15, -0.1) is 0 Å². The highest BCUT2D eigenvalue weighted by Gasteiger charge is 2.39. The third kappa shape index (κ3) is 5.29. The molecule has 150 valence electrons. The average molecular weight is 396 g/mol. The Morgan fingerprint density at radius 1 is 1.26 bits per heavy atom. The lowest BCUT2D eigenvalue weighted by Gasteiger charge is -2.31. The van der Waals surface area contributed by atoms with E-state index in [1.165, 1.54) is 12.1 Å². The van der Waals surface area contributed by atoms with Crippen molar-refractivity contribution in [3.05, 3.63) is 24.3 Å². The van der Waals surface area contributed by atoms with Gasteiger partial charge in [-0.05, 0) is 58.4 Å². The molecule has 2 rings (SSSR count). The number of nitrogens with zero attached hydrogens (tertiary/aromatic N) is 1. The molecule has 1 fully saturated rings. The van der Waals surface area contributed by atoms with Crippen LogP contribution in [-0.2, 0) is 19.6 Å². The number of anilines is 1. The van der Waals surface area contributed by atoms with Crippen molar-refractivity contribution >= 4 is 27.5 Å². The molecular weight excluding hydrogens is 366 g/mol. The number of hydrogen-bond donors (Lipinski definition) is 2. The first-order valence-electron chi connectivity index (χ1n) is 9.17. The third-order valence-electron chi connectivity index (χ3n) is 4.71. The Bertz CT molecular complexity index is 797. The van der Waals surface area contributed by atoms with Gasteiger partial charge in [-0.1, -0.05) is 6.92 Å². The molecule has 1 aliphatic rings. The van der Waals surface area contributed by atoms with E-state index in [-0.39, 0.29) is 34.7 Å². The Kier molecular flexibility index (Phi) is 6.32. The monoisotopic (exact) mass is 395 g/mol. The Hall–Kier alpha value is -1.93. The van der Waals surface area contributed by atoms with Crippen LogP contribution in [0.1, 0.15) is 47.5 Å². The Labute approximate surface area is 161 Å². The van der Waals surface area contributed by atoms with E-state index in [1.807, 2.05) is 27.7 Å². The highest BCUT2D eigenvalue weighted by molar-refractivity contribution is 7.89. The zero-order chi connectivity index (χ0) is 20.4. The number of likely N-dealkylation sites (tertiary alicyclic amines) is 1. The molecule has 1 heterocycles. The summed E-state index contributed by atoms with van der Waals surface area (Å²) in [6, 6.07) is 5.88. The molecule has 8 heteroatoms. The van der Waals surface area contributed by atoms with E-state index in [1.54, 1.807) is 24.0 Å². The summed E-state index contributed by atoms with van der Waals surface area (Å²) >= 11 is 0. The van der Waals surface area contributed by atoms with Gasteiger partial charge in [0.25, 0.3) is 0 Å². The smallest absolute Gasteiger partial charge is 0.240 e. The van der Waals surface area contributed by atoms with Gasteiger partial charge in [-0.2, -0.15) is 0 Å². The minimum absolute atomic E-state index is 0.0276. The largest absolute Gasteiger partial charge is 0.337 e. The van der Waals surface area contributed by atoms with Gasteiger partial charge in [0.05, 0.1) is 10.8 Å². The summed E-state index contributed by atoms with van der Waals surface area (Å²) < 4.78 is 27.1. The van der Waals surface area contributed by atoms with E-state index >= 15 is 0 Å². The molecule has 2 N–H and O–H groups in total. The van der Waals surface area contributed by atoms with Crippen molar-refractivity contribution in [1.82, 2.24) is 9.62 Å². The van der Waals surface area contributed by atoms with Crippen LogP contribution < -0.4 is 10.0 Å². The highest BCUT2D eigenvalue weighted by atomic mass is 32.2. The van der Waals surface area contributed by atoms with Gasteiger partial charge in [0.1, 0.15) is 0 Å². The first-order chi connectivity index (χ1) is 12.4. The van der Waals surface area contributed by atoms with Gasteiger partial charge in [0.15, 0.2) is 0 Å². The van der Waals surface area contributed by atoms with E-state index in [0.717, 1.165) is 0 Å². The predicted octanol–water partition coefficient (Wildman–Crippen LogP) is 2.35. The van der Waals surface area contributed by atoms with Crippen LogP contribution in [0, 0.1) is 5.92 Å². The maximum Gasteiger partial charge on any atom is 0.240 e. The van der Waals surface area contributed by atoms with E-state index in [4.69, 9.17) is 0 Å². The van der Waals surface area contributed by atoms with Crippen LogP contribution >= 0.6 is 0 Å². The number of carbonyl (C=O) groups excluding carboxylic acids is 2. The van der Waals surface area contributed by atoms with Crippen LogP contribution in [0.25, 0.3) is 0 Å². The average Bonchev–Trinajstić information content (AvgIpc) is 2.97. The summed E-state index contributed by atoms with van der Waals surface area (Å²) in [7, 11) is -3.58. The fraction of sp³-hybridized carbons (Fsp3) is 0.579. The second-order valence-corrected chi connectivity index (χ2v) is 9.73. The number of carbonyl (C=O) groups is 2. The van der Waals surface area contributed by atoms with Crippen LogP contribution in [-0.4, -0.2) is 43.3 Å². The summed E-state index contributed by atoms with van der Waals surface area (Å²) in [6.07, 6.45) is 0.882. The van der Waals surface area contributed by atoms with Gasteiger partial charge in [0.2, 0.25) is 21.8 Å². The molecule has 0 saturated carbocycles. The van der Waals surface area contributed by atoms with Gasteiger partial charge in [-0.25, -0.2) is 13.1 Å². The molecule has 1 saturated heterocycles. The molecule has 2 atom stereocenters. The van der Waals surface area contributed by atoms with Crippen molar-refractivity contribution in [2.24, 2.45) is 5.92 Å². The number of rotatable bonds is 6. The lowest BCUT2D eigenvalue weighted by atomic mass is 10.1. The van der Waals surface area contributed by atoms with Crippen LogP contribution in [0.2, 0.25) is 0 Å². The van der Waals surface area contributed by atoms with Gasteiger partial charge >= 0.3 is 0 Å². The molecular formula is C19H29N3O4S. The number of amides is 2. The van der Waals surface area contributed by atoms with Crippen LogP contribution in [0.3, 0.4) is 0 Å². The number of benzene rings is 1. The minimum Gasteiger partial charge on any atom is -0.337 e. The second kappa shape index (κ2) is 7.98. The lowest BCUT2D eigenvalue weighted by Crippen LogP contribution is -2.42. The fourth-order valence-electron chi connectivity index (χ4n) is 2.91. The summed E-state index contributed by atoms with van der Waals surface area (Å²) in [6.45, 7) is 9.92. The fourth-order valence-corrected chi connectivity index (χ4v) is 4.24. The molecule has 2 amide bonds. The van der Waals surface area contributed by atoms with Crippen molar-refractivity contribution in [1.29, 1.82) is 0 Å². The van der Waals surface area contributed by atoms with Crippen LogP contribution in [0.15, 0.2) is 29.2 Å². The third-order valence-corrected chi connectivity index (χ3v) is 6.31. The van der Waals surface area contributed by atoms with E-state index in [0.29, 0.717) is 18.7 Å². The Balaban J connectivity index is 2.03. The lowest BCUT2D eigenvalue weighted by molar-refractivity contribution is -0.131. The van der Waals surface area contributed by atoms with Gasteiger partial charge in [-0.3, -0.25) is 9.59 Å². The summed E-state index contributed by atoms with van der Waals surface area (Å²) in [5, 5.41) is 2.77. The maximum absolute atomic E-state index is 12.5. The minimum atomic E-state index is -3.58. The Morgan fingerprint density at radius 3 is 2.33 bits per heavy atom. The van der Waals surface area contributed by atoms with Crippen LogP contribution in [0.4, 0.5) is 5.69 Å². The summed E-state index contributed by atoms with van der Waals surface area (Å²) in [4.78, 5) is 26.5. The number of hydrogen-bond acceptors (Lipinski definition) is 4. The molecule has 0 aromatic heterocycles. The molecule has 0 radical (unpaired) electrons. The van der Waals surface area contributed by atoms with Crippen molar-refractivity contribution in [3.8, 4) is 0 Å². The van der Waals surface area contributed by atoms with E-state index in [2.05, 4.69) is 10.0 Å². The van der Waals surface area contributed by atoms with Crippen molar-refractivity contribution in [2.45, 2.75) is 63.9 Å². The molecule has 1 aliphatic heterocycles. The number of sulfonamides is 1. The van der Waals surface area contributed by atoms with E-state index < -0.39 is 15.9 Å². The van der Waals surface area contributed by atoms with Crippen molar-refractivity contribution in [3.63, 3.8) is 0 Å². The maximum atomic E-state index is 12.5. The molecule has 0 aliphatic carbocycles.